The summed E-state index contributed by atoms with van der Waals surface area (Å²) in [5, 5.41) is 6.09. The normalized spacial score (nSPS) is 10.5. The minimum Gasteiger partial charge on any atom is -0.326 e. The number of benzene rings is 1. The van der Waals surface area contributed by atoms with E-state index >= 15 is 0 Å². The van der Waals surface area contributed by atoms with Gasteiger partial charge in [-0.25, -0.2) is 0 Å². The summed E-state index contributed by atoms with van der Waals surface area (Å²) in [6, 6.07) is 8.00. The number of amides is 1. The van der Waals surface area contributed by atoms with Gasteiger partial charge in [0, 0.05) is 18.7 Å². The fraction of sp³-hybridized carbons (Fsp3) is 0.588. The van der Waals surface area contributed by atoms with E-state index in [2.05, 4.69) is 23.6 Å². The lowest BCUT2D eigenvalue weighted by atomic mass is 10.1. The molecule has 2 N–H and O–H groups in total. The molecular weight excluding hydrogens is 248 g/mol. The van der Waals surface area contributed by atoms with Crippen molar-refractivity contribution in [3.8, 4) is 0 Å². The largest absolute Gasteiger partial charge is 0.326 e. The smallest absolute Gasteiger partial charge is 0.224 e. The van der Waals surface area contributed by atoms with Gasteiger partial charge in [-0.15, -0.1) is 0 Å². The van der Waals surface area contributed by atoms with Crippen molar-refractivity contribution in [1.82, 2.24) is 5.32 Å². The lowest BCUT2D eigenvalue weighted by Gasteiger charge is -2.07. The summed E-state index contributed by atoms with van der Waals surface area (Å²) in [4.78, 5) is 11.8. The van der Waals surface area contributed by atoms with Crippen molar-refractivity contribution in [3.63, 3.8) is 0 Å². The summed E-state index contributed by atoms with van der Waals surface area (Å²) < 4.78 is 0. The van der Waals surface area contributed by atoms with Crippen LogP contribution in [-0.2, 0) is 11.3 Å². The number of unbranched alkanes of at least 4 members (excludes halogenated alkanes) is 5. The number of carbonyl (C=O) groups excluding carboxylic acids is 1. The molecule has 0 atom stereocenters. The van der Waals surface area contributed by atoms with E-state index < -0.39 is 0 Å². The first-order valence-corrected chi connectivity index (χ1v) is 7.79. The molecule has 0 radical (unpaired) electrons. The van der Waals surface area contributed by atoms with Crippen molar-refractivity contribution in [3.05, 3.63) is 29.8 Å². The molecule has 0 bridgehead atoms. The maximum absolute atomic E-state index is 11.8. The van der Waals surface area contributed by atoms with Crippen LogP contribution in [0.2, 0.25) is 0 Å². The Bertz CT molecular complexity index is 390. The van der Waals surface area contributed by atoms with E-state index in [1.165, 1.54) is 31.2 Å². The molecule has 0 heterocycles. The average molecular weight is 276 g/mol. The van der Waals surface area contributed by atoms with Gasteiger partial charge in [-0.05, 0) is 31.2 Å². The Hall–Kier alpha value is -1.35. The number of hydrogen-bond acceptors (Lipinski definition) is 2. The van der Waals surface area contributed by atoms with Crippen LogP contribution in [0.5, 0.6) is 0 Å². The van der Waals surface area contributed by atoms with Gasteiger partial charge in [0.2, 0.25) is 5.91 Å². The minimum absolute atomic E-state index is 0.127. The standard InChI is InChI=1S/C17H28N2O/c1-3-4-5-6-7-8-12-17(20)19-16-11-9-10-15(13-16)14-18-2/h9-11,13,18H,3-8,12,14H2,1-2H3,(H,19,20). The fourth-order valence-electron chi connectivity index (χ4n) is 2.25. The molecule has 0 spiro atoms. The van der Waals surface area contributed by atoms with Gasteiger partial charge >= 0.3 is 0 Å². The maximum atomic E-state index is 11.8. The summed E-state index contributed by atoms with van der Waals surface area (Å²) in [6.45, 7) is 3.04. The third kappa shape index (κ3) is 7.29. The van der Waals surface area contributed by atoms with Gasteiger partial charge in [0.25, 0.3) is 0 Å². The highest BCUT2D eigenvalue weighted by atomic mass is 16.1. The average Bonchev–Trinajstić information content (AvgIpc) is 2.43. The first-order chi connectivity index (χ1) is 9.76. The van der Waals surface area contributed by atoms with Gasteiger partial charge in [0.05, 0.1) is 0 Å². The second-order valence-electron chi connectivity index (χ2n) is 5.30. The zero-order valence-corrected chi connectivity index (χ0v) is 12.9. The second-order valence-corrected chi connectivity index (χ2v) is 5.30. The summed E-state index contributed by atoms with van der Waals surface area (Å²) in [7, 11) is 1.92. The predicted octanol–water partition coefficient (Wildman–Crippen LogP) is 4.10. The van der Waals surface area contributed by atoms with Crippen molar-refractivity contribution in [2.24, 2.45) is 0 Å². The number of nitrogens with one attached hydrogen (secondary N) is 2. The van der Waals surface area contributed by atoms with E-state index in [1.54, 1.807) is 0 Å². The number of rotatable bonds is 10. The Balaban J connectivity index is 2.23. The highest BCUT2D eigenvalue weighted by Crippen LogP contribution is 2.12. The topological polar surface area (TPSA) is 41.1 Å². The second kappa shape index (κ2) is 10.4. The molecule has 0 aliphatic carbocycles. The number of hydrogen-bond donors (Lipinski definition) is 2. The molecule has 1 aromatic rings. The van der Waals surface area contributed by atoms with Crippen LogP contribution in [0.3, 0.4) is 0 Å². The first kappa shape index (κ1) is 16.7. The van der Waals surface area contributed by atoms with Gasteiger partial charge in [-0.3, -0.25) is 4.79 Å². The molecule has 0 fully saturated rings. The van der Waals surface area contributed by atoms with E-state index in [4.69, 9.17) is 0 Å². The lowest BCUT2D eigenvalue weighted by Crippen LogP contribution is -2.12. The van der Waals surface area contributed by atoms with Crippen LogP contribution in [0.4, 0.5) is 5.69 Å². The Labute approximate surface area is 123 Å². The summed E-state index contributed by atoms with van der Waals surface area (Å²) in [5.41, 5.74) is 2.08. The Morgan fingerprint density at radius 2 is 1.85 bits per heavy atom. The zero-order valence-electron chi connectivity index (χ0n) is 12.9. The van der Waals surface area contributed by atoms with E-state index in [0.29, 0.717) is 6.42 Å². The van der Waals surface area contributed by atoms with Crippen LogP contribution in [-0.4, -0.2) is 13.0 Å². The molecule has 0 aliphatic heterocycles. The van der Waals surface area contributed by atoms with E-state index in [-0.39, 0.29) is 5.91 Å². The van der Waals surface area contributed by atoms with Crippen LogP contribution in [0.1, 0.15) is 57.4 Å². The van der Waals surface area contributed by atoms with Gasteiger partial charge in [0.15, 0.2) is 0 Å². The van der Waals surface area contributed by atoms with Gasteiger partial charge in [-0.1, -0.05) is 51.2 Å². The molecule has 3 heteroatoms. The van der Waals surface area contributed by atoms with Crippen LogP contribution >= 0.6 is 0 Å². The van der Waals surface area contributed by atoms with Crippen LogP contribution in [0.25, 0.3) is 0 Å². The quantitative estimate of drug-likeness (QED) is 0.632. The van der Waals surface area contributed by atoms with Crippen LogP contribution in [0, 0.1) is 0 Å². The molecule has 0 aromatic heterocycles. The molecule has 3 nitrogen and oxygen atoms in total. The summed E-state index contributed by atoms with van der Waals surface area (Å²) >= 11 is 0. The molecule has 20 heavy (non-hydrogen) atoms. The first-order valence-electron chi connectivity index (χ1n) is 7.79. The van der Waals surface area contributed by atoms with E-state index in [1.807, 2.05) is 25.2 Å². The highest BCUT2D eigenvalue weighted by Gasteiger charge is 2.02. The highest BCUT2D eigenvalue weighted by molar-refractivity contribution is 5.90. The molecule has 1 amide bonds. The third-order valence-corrected chi connectivity index (χ3v) is 3.35. The van der Waals surface area contributed by atoms with E-state index in [0.717, 1.165) is 25.1 Å². The van der Waals surface area contributed by atoms with Gasteiger partial charge in [0.1, 0.15) is 0 Å². The maximum Gasteiger partial charge on any atom is 0.224 e. The zero-order chi connectivity index (χ0) is 14.6. The number of anilines is 1. The molecule has 0 unspecified atom stereocenters. The fourth-order valence-corrected chi connectivity index (χ4v) is 2.25. The van der Waals surface area contributed by atoms with Gasteiger partial charge < -0.3 is 10.6 Å². The molecule has 1 rings (SSSR count). The molecule has 0 aliphatic rings. The summed E-state index contributed by atoms with van der Waals surface area (Å²) in [6.07, 6.45) is 7.90. The molecule has 112 valence electrons. The minimum atomic E-state index is 0.127. The van der Waals surface area contributed by atoms with Crippen molar-refractivity contribution in [2.75, 3.05) is 12.4 Å². The van der Waals surface area contributed by atoms with Crippen molar-refractivity contribution >= 4 is 11.6 Å². The SMILES string of the molecule is CCCCCCCCC(=O)Nc1cccc(CNC)c1. The van der Waals surface area contributed by atoms with E-state index in [9.17, 15) is 4.79 Å². The third-order valence-electron chi connectivity index (χ3n) is 3.35. The monoisotopic (exact) mass is 276 g/mol. The summed E-state index contributed by atoms with van der Waals surface area (Å²) in [5.74, 6) is 0.127. The van der Waals surface area contributed by atoms with Gasteiger partial charge in [-0.2, -0.15) is 0 Å². The predicted molar refractivity (Wildman–Crippen MR) is 85.8 cm³/mol. The molecule has 0 saturated heterocycles. The molecular formula is C17H28N2O. The van der Waals surface area contributed by atoms with Crippen LogP contribution < -0.4 is 10.6 Å². The Kier molecular flexibility index (Phi) is 8.72. The lowest BCUT2D eigenvalue weighted by molar-refractivity contribution is -0.116. The molecule has 0 saturated carbocycles. The molecule has 1 aromatic carbocycles. The van der Waals surface area contributed by atoms with Crippen molar-refractivity contribution in [2.45, 2.75) is 58.4 Å². The van der Waals surface area contributed by atoms with Crippen LogP contribution in [0.15, 0.2) is 24.3 Å². The Morgan fingerprint density at radius 1 is 1.10 bits per heavy atom. The van der Waals surface area contributed by atoms with Crippen molar-refractivity contribution in [1.29, 1.82) is 0 Å². The number of carbonyl (C=O) groups is 1. The van der Waals surface area contributed by atoms with Crippen molar-refractivity contribution < 1.29 is 4.79 Å². The Morgan fingerprint density at radius 3 is 2.60 bits per heavy atom.